The number of phenols is 1. The number of phenolic OH excluding ortho intramolecular Hbond substituents is 1. The molecule has 25 heavy (non-hydrogen) atoms. The molecular formula is C19H19ClN2O3. The fourth-order valence-corrected chi connectivity index (χ4v) is 3.07. The Morgan fingerprint density at radius 3 is 2.80 bits per heavy atom. The molecule has 1 N–H and O–H groups in total. The molecule has 0 aliphatic rings. The van der Waals surface area contributed by atoms with Crippen molar-refractivity contribution in [1.29, 1.82) is 0 Å². The molecule has 0 spiro atoms. The van der Waals surface area contributed by atoms with Crippen molar-refractivity contribution in [2.45, 2.75) is 26.8 Å². The van der Waals surface area contributed by atoms with Crippen molar-refractivity contribution in [3.63, 3.8) is 0 Å². The second-order valence-corrected chi connectivity index (χ2v) is 6.13. The summed E-state index contributed by atoms with van der Waals surface area (Å²) in [4.78, 5) is 16.2. The zero-order chi connectivity index (χ0) is 18.0. The summed E-state index contributed by atoms with van der Waals surface area (Å²) in [6.45, 7) is 4.86. The van der Waals surface area contributed by atoms with Crippen molar-refractivity contribution in [3.05, 3.63) is 58.5 Å². The van der Waals surface area contributed by atoms with Crippen LogP contribution in [0.2, 0.25) is 5.02 Å². The number of pyridine rings is 1. The van der Waals surface area contributed by atoms with Crippen LogP contribution in [0.1, 0.15) is 35.5 Å². The van der Waals surface area contributed by atoms with E-state index >= 15 is 0 Å². The summed E-state index contributed by atoms with van der Waals surface area (Å²) in [6, 6.07) is 6.75. The first-order chi connectivity index (χ1) is 12.0. The van der Waals surface area contributed by atoms with Gasteiger partial charge in [0.1, 0.15) is 11.4 Å². The molecule has 3 aromatic rings. The van der Waals surface area contributed by atoms with Gasteiger partial charge in [-0.15, -0.1) is 0 Å². The van der Waals surface area contributed by atoms with Crippen molar-refractivity contribution in [2.75, 3.05) is 6.61 Å². The summed E-state index contributed by atoms with van der Waals surface area (Å²) >= 11 is 6.04. The molecule has 0 saturated heterocycles. The van der Waals surface area contributed by atoms with E-state index < -0.39 is 5.97 Å². The standard InChI is InChI=1S/C19H19ClN2O3/c1-3-22-11-13(7-12-8-14(20)5-6-18(12)23)15-10-21-16(9-17(15)22)19(24)25-4-2/h5-6,8-11,23H,3-4,7H2,1-2H3. The van der Waals surface area contributed by atoms with Crippen molar-refractivity contribution < 1.29 is 14.6 Å². The van der Waals surface area contributed by atoms with Gasteiger partial charge in [-0.05, 0) is 49.2 Å². The number of aromatic nitrogens is 2. The molecule has 5 nitrogen and oxygen atoms in total. The molecule has 3 rings (SSSR count). The highest BCUT2D eigenvalue weighted by atomic mass is 35.5. The zero-order valence-corrected chi connectivity index (χ0v) is 14.9. The highest BCUT2D eigenvalue weighted by Gasteiger charge is 2.15. The maximum absolute atomic E-state index is 11.9. The van der Waals surface area contributed by atoms with E-state index in [0.29, 0.717) is 23.7 Å². The van der Waals surface area contributed by atoms with Gasteiger partial charge in [-0.3, -0.25) is 0 Å². The number of benzene rings is 1. The van der Waals surface area contributed by atoms with Gasteiger partial charge in [-0.1, -0.05) is 11.6 Å². The number of aryl methyl sites for hydroxylation is 1. The van der Waals surface area contributed by atoms with Gasteiger partial charge < -0.3 is 14.4 Å². The van der Waals surface area contributed by atoms with Crippen LogP contribution in [0.15, 0.2) is 36.7 Å². The first kappa shape index (κ1) is 17.3. The number of nitrogens with zero attached hydrogens (tertiary/aromatic N) is 2. The predicted octanol–water partition coefficient (Wildman–Crippen LogP) is 4.18. The van der Waals surface area contributed by atoms with Gasteiger partial charge >= 0.3 is 5.97 Å². The third-order valence-corrected chi connectivity index (χ3v) is 4.33. The van der Waals surface area contributed by atoms with Crippen LogP contribution in [0.25, 0.3) is 10.9 Å². The van der Waals surface area contributed by atoms with Crippen LogP contribution in [0, 0.1) is 0 Å². The Kier molecular flexibility index (Phi) is 4.95. The molecule has 2 heterocycles. The van der Waals surface area contributed by atoms with E-state index in [1.165, 1.54) is 0 Å². The molecular weight excluding hydrogens is 340 g/mol. The van der Waals surface area contributed by atoms with Crippen molar-refractivity contribution in [1.82, 2.24) is 9.55 Å². The quantitative estimate of drug-likeness (QED) is 0.695. The lowest BCUT2D eigenvalue weighted by atomic mass is 10.0. The van der Waals surface area contributed by atoms with E-state index in [0.717, 1.165) is 28.6 Å². The topological polar surface area (TPSA) is 64.3 Å². The minimum atomic E-state index is -0.428. The maximum atomic E-state index is 11.9. The predicted molar refractivity (Wildman–Crippen MR) is 97.3 cm³/mol. The van der Waals surface area contributed by atoms with Gasteiger partial charge in [0.25, 0.3) is 0 Å². The Morgan fingerprint density at radius 1 is 1.28 bits per heavy atom. The highest BCUT2D eigenvalue weighted by molar-refractivity contribution is 6.30. The van der Waals surface area contributed by atoms with E-state index in [-0.39, 0.29) is 5.75 Å². The van der Waals surface area contributed by atoms with Gasteiger partial charge in [0.05, 0.1) is 12.1 Å². The molecule has 0 amide bonds. The van der Waals surface area contributed by atoms with Crippen molar-refractivity contribution in [3.8, 4) is 5.75 Å². The summed E-state index contributed by atoms with van der Waals surface area (Å²) in [5.41, 5.74) is 2.96. The molecule has 1 aromatic carbocycles. The van der Waals surface area contributed by atoms with Gasteiger partial charge in [0.15, 0.2) is 0 Å². The monoisotopic (exact) mass is 358 g/mol. The van der Waals surface area contributed by atoms with E-state index in [4.69, 9.17) is 16.3 Å². The highest BCUT2D eigenvalue weighted by Crippen LogP contribution is 2.29. The number of hydrogen-bond acceptors (Lipinski definition) is 4. The molecule has 0 aliphatic carbocycles. The summed E-state index contributed by atoms with van der Waals surface area (Å²) in [5, 5.41) is 11.6. The van der Waals surface area contributed by atoms with Crippen LogP contribution in [-0.4, -0.2) is 27.2 Å². The van der Waals surface area contributed by atoms with E-state index in [1.54, 1.807) is 37.4 Å². The Hall–Kier alpha value is -2.53. The SMILES string of the molecule is CCOC(=O)c1cc2c(cn1)c(Cc1cc(Cl)ccc1O)cn2CC. The largest absolute Gasteiger partial charge is 0.508 e. The average molecular weight is 359 g/mol. The second-order valence-electron chi connectivity index (χ2n) is 5.70. The first-order valence-electron chi connectivity index (χ1n) is 8.15. The van der Waals surface area contributed by atoms with E-state index in [9.17, 15) is 9.90 Å². The van der Waals surface area contributed by atoms with Gasteiger partial charge in [-0.2, -0.15) is 0 Å². The third-order valence-electron chi connectivity index (χ3n) is 4.10. The lowest BCUT2D eigenvalue weighted by Gasteiger charge is -2.05. The number of ether oxygens (including phenoxy) is 1. The smallest absolute Gasteiger partial charge is 0.356 e. The number of rotatable bonds is 5. The number of aromatic hydroxyl groups is 1. The van der Waals surface area contributed by atoms with Gasteiger partial charge in [0.2, 0.25) is 0 Å². The number of halogens is 1. The molecule has 0 fully saturated rings. The van der Waals surface area contributed by atoms with Crippen LogP contribution in [-0.2, 0) is 17.7 Å². The zero-order valence-electron chi connectivity index (χ0n) is 14.1. The Balaban J connectivity index is 2.04. The Morgan fingerprint density at radius 2 is 2.08 bits per heavy atom. The molecule has 0 aliphatic heterocycles. The lowest BCUT2D eigenvalue weighted by Crippen LogP contribution is -2.07. The van der Waals surface area contributed by atoms with Crippen LogP contribution in [0.4, 0.5) is 0 Å². The number of carbonyl (C=O) groups excluding carboxylic acids is 1. The third kappa shape index (κ3) is 3.46. The lowest BCUT2D eigenvalue weighted by molar-refractivity contribution is 0.0519. The fraction of sp³-hybridized carbons (Fsp3) is 0.263. The van der Waals surface area contributed by atoms with Crippen LogP contribution >= 0.6 is 11.6 Å². The first-order valence-corrected chi connectivity index (χ1v) is 8.53. The second kappa shape index (κ2) is 7.15. The maximum Gasteiger partial charge on any atom is 0.356 e. The molecule has 0 saturated carbocycles. The number of hydrogen-bond donors (Lipinski definition) is 1. The summed E-state index contributed by atoms with van der Waals surface area (Å²) in [6.07, 6.45) is 4.22. The van der Waals surface area contributed by atoms with Crippen molar-refractivity contribution >= 4 is 28.5 Å². The summed E-state index contributed by atoms with van der Waals surface area (Å²) in [5.74, 6) is -0.222. The molecule has 130 valence electrons. The van der Waals surface area contributed by atoms with Crippen molar-refractivity contribution in [2.24, 2.45) is 0 Å². The minimum absolute atomic E-state index is 0.206. The average Bonchev–Trinajstić information content (AvgIpc) is 2.95. The normalized spacial score (nSPS) is 11.0. The molecule has 0 atom stereocenters. The number of carbonyl (C=O) groups is 1. The molecule has 6 heteroatoms. The van der Waals surface area contributed by atoms with Gasteiger partial charge in [0, 0.05) is 35.8 Å². The molecule has 0 radical (unpaired) electrons. The van der Waals surface area contributed by atoms with Gasteiger partial charge in [-0.25, -0.2) is 9.78 Å². The van der Waals surface area contributed by atoms with E-state index in [1.807, 2.05) is 13.1 Å². The fourth-order valence-electron chi connectivity index (χ4n) is 2.88. The Labute approximate surface area is 150 Å². The molecule has 2 aromatic heterocycles. The minimum Gasteiger partial charge on any atom is -0.508 e. The van der Waals surface area contributed by atoms with E-state index in [2.05, 4.69) is 9.55 Å². The molecule has 0 bridgehead atoms. The summed E-state index contributed by atoms with van der Waals surface area (Å²) < 4.78 is 7.08. The van der Waals surface area contributed by atoms with Crippen LogP contribution in [0.5, 0.6) is 5.75 Å². The number of esters is 1. The Bertz CT molecular complexity index is 934. The van der Waals surface area contributed by atoms with Crippen LogP contribution < -0.4 is 0 Å². The molecule has 0 unspecified atom stereocenters. The van der Waals surface area contributed by atoms with Crippen LogP contribution in [0.3, 0.4) is 0 Å². The summed E-state index contributed by atoms with van der Waals surface area (Å²) in [7, 11) is 0. The number of fused-ring (bicyclic) bond motifs is 1.